The summed E-state index contributed by atoms with van der Waals surface area (Å²) in [6, 6.07) is -0.215. The Morgan fingerprint density at radius 3 is 2.20 bits per heavy atom. The van der Waals surface area contributed by atoms with E-state index in [1.165, 1.54) is 0 Å². The van der Waals surface area contributed by atoms with Crippen molar-refractivity contribution in [3.8, 4) is 0 Å². The molecule has 0 bridgehead atoms. The van der Waals surface area contributed by atoms with E-state index in [4.69, 9.17) is 5.11 Å². The van der Waals surface area contributed by atoms with Crippen molar-refractivity contribution in [2.75, 3.05) is 26.3 Å². The van der Waals surface area contributed by atoms with Crippen molar-refractivity contribution in [3.05, 3.63) is 0 Å². The summed E-state index contributed by atoms with van der Waals surface area (Å²) in [6.07, 6.45) is 0.286. The predicted molar refractivity (Wildman–Crippen MR) is 75.0 cm³/mol. The molecule has 0 fully saturated rings. The summed E-state index contributed by atoms with van der Waals surface area (Å²) < 4.78 is 32.6. The van der Waals surface area contributed by atoms with Crippen molar-refractivity contribution in [3.63, 3.8) is 0 Å². The first-order valence-corrected chi connectivity index (χ1v) is 8.22. The average molecular weight is 309 g/mol. The molecule has 118 valence electrons. The fourth-order valence-electron chi connectivity index (χ4n) is 1.99. The summed E-state index contributed by atoms with van der Waals surface area (Å²) in [7, 11) is -4.14. The summed E-state index contributed by atoms with van der Waals surface area (Å²) in [5, 5.41) is 27.9. The van der Waals surface area contributed by atoms with E-state index in [0.717, 1.165) is 0 Å². The van der Waals surface area contributed by atoms with Crippen LogP contribution in [0.15, 0.2) is 0 Å². The molecule has 0 aromatic heterocycles. The van der Waals surface area contributed by atoms with Crippen LogP contribution in [0, 0.1) is 5.92 Å². The van der Waals surface area contributed by atoms with Crippen molar-refractivity contribution >= 4 is 16.1 Å². The van der Waals surface area contributed by atoms with Crippen molar-refractivity contribution in [1.82, 2.24) is 4.90 Å². The monoisotopic (exact) mass is 309 g/mol. The quantitative estimate of drug-likeness (QED) is 0.410. The van der Waals surface area contributed by atoms with E-state index < -0.39 is 15.1 Å². The molecule has 0 aliphatic carbocycles. The molecule has 0 aromatic rings. The Morgan fingerprint density at radius 2 is 1.80 bits per heavy atom. The van der Waals surface area contributed by atoms with Crippen molar-refractivity contribution in [1.29, 1.82) is 0 Å². The molecule has 0 radical (unpaired) electrons. The van der Waals surface area contributed by atoms with E-state index in [1.807, 2.05) is 13.8 Å². The van der Waals surface area contributed by atoms with Crippen LogP contribution in [0.2, 0.25) is 0 Å². The van der Waals surface area contributed by atoms with Crippen LogP contribution < -0.4 is 0 Å². The van der Waals surface area contributed by atoms with Gasteiger partial charge in [-0.15, -0.1) is 0 Å². The summed E-state index contributed by atoms with van der Waals surface area (Å²) in [5.41, 5.74) is -1.75. The van der Waals surface area contributed by atoms with Crippen LogP contribution in [-0.2, 0) is 14.4 Å². The molecule has 0 amide bonds. The van der Waals surface area contributed by atoms with Gasteiger partial charge in [0.25, 0.3) is 0 Å². The minimum atomic E-state index is -4.14. The molecule has 0 aliphatic rings. The topological polar surface area (TPSA) is 115 Å². The summed E-state index contributed by atoms with van der Waals surface area (Å²) >= 11 is 0. The van der Waals surface area contributed by atoms with Gasteiger partial charge in [0.2, 0.25) is 0 Å². The Labute approximate surface area is 120 Å². The summed E-state index contributed by atoms with van der Waals surface area (Å²) in [4.78, 5) is 1.73. The van der Waals surface area contributed by atoms with Crippen molar-refractivity contribution < 1.29 is 28.4 Å². The molecule has 2 atom stereocenters. The standard InChI is InChI=1S/C11H24BNO6S/c1-9(2)7-10(8-15)13(5-6-14)4-3-11(16)20(18,19)12-17/h9-11,14-16H,3-8H2,1-2H3. The average Bonchev–Trinajstić information content (AvgIpc) is 2.40. The second kappa shape index (κ2) is 9.57. The Bertz CT molecular complexity index is 375. The minimum absolute atomic E-state index is 0.116. The van der Waals surface area contributed by atoms with E-state index in [9.17, 15) is 23.3 Å². The van der Waals surface area contributed by atoms with Crippen LogP contribution in [-0.4, -0.2) is 72.8 Å². The summed E-state index contributed by atoms with van der Waals surface area (Å²) in [6.45, 7) is 4.18. The number of aliphatic hydroxyl groups excluding tert-OH is 3. The van der Waals surface area contributed by atoms with Crippen LogP contribution in [0.5, 0.6) is 0 Å². The third-order valence-corrected chi connectivity index (χ3v) is 4.30. The molecule has 7 nitrogen and oxygen atoms in total. The molecule has 0 saturated carbocycles. The van der Waals surface area contributed by atoms with Gasteiger partial charge in [0, 0.05) is 0 Å². The van der Waals surface area contributed by atoms with Gasteiger partial charge in [-0.2, -0.15) is 0 Å². The predicted octanol–water partition coefficient (Wildman–Crippen LogP) is -1.22. The van der Waals surface area contributed by atoms with Gasteiger partial charge in [-0.05, 0) is 0 Å². The maximum absolute atomic E-state index is 11.2. The molecule has 20 heavy (non-hydrogen) atoms. The number of rotatable bonds is 11. The normalized spacial score (nSPS) is 15.3. The van der Waals surface area contributed by atoms with Crippen LogP contribution in [0.25, 0.3) is 0 Å². The zero-order chi connectivity index (χ0) is 15.8. The fourth-order valence-corrected chi connectivity index (χ4v) is 2.56. The number of hydrogen-bond acceptors (Lipinski definition) is 7. The number of nitrogens with zero attached hydrogens (tertiary/aromatic N) is 1. The zero-order valence-corrected chi connectivity index (χ0v) is 12.8. The molecule has 0 rings (SSSR count). The molecule has 3 N–H and O–H groups in total. The number of aliphatic hydroxyl groups is 3. The first kappa shape index (κ1) is 19.7. The number of hydrogen-bond donors (Lipinski definition) is 3. The molecule has 0 aromatic carbocycles. The van der Waals surface area contributed by atoms with E-state index >= 15 is 0 Å². The molecule has 0 spiro atoms. The van der Waals surface area contributed by atoms with Crippen LogP contribution in [0.4, 0.5) is 0 Å². The van der Waals surface area contributed by atoms with Gasteiger partial charge in [0.15, 0.2) is 0 Å². The molecular weight excluding hydrogens is 285 g/mol. The molecule has 0 heterocycles. The van der Waals surface area contributed by atoms with Crippen molar-refractivity contribution in [2.24, 2.45) is 5.92 Å². The Kier molecular flexibility index (Phi) is 9.40. The van der Waals surface area contributed by atoms with E-state index in [2.05, 4.69) is 0 Å². The molecular formula is C11H24BNO6S. The SMILES string of the molecule is CC(C)CC(CO)N(CCO)CCC(O)S(=O)(=O)B=O. The van der Waals surface area contributed by atoms with E-state index in [0.29, 0.717) is 12.3 Å². The van der Waals surface area contributed by atoms with Gasteiger partial charge in [-0.1, -0.05) is 0 Å². The molecule has 0 aliphatic heterocycles. The second-order valence-corrected chi connectivity index (χ2v) is 7.07. The van der Waals surface area contributed by atoms with Gasteiger partial charge in [-0.25, -0.2) is 0 Å². The Morgan fingerprint density at radius 1 is 1.20 bits per heavy atom. The van der Waals surface area contributed by atoms with E-state index in [1.54, 1.807) is 4.90 Å². The van der Waals surface area contributed by atoms with Gasteiger partial charge in [-0.3, -0.25) is 0 Å². The maximum atomic E-state index is 11.2. The third-order valence-electron chi connectivity index (χ3n) is 3.03. The van der Waals surface area contributed by atoms with Crippen LogP contribution in [0.3, 0.4) is 0 Å². The van der Waals surface area contributed by atoms with Gasteiger partial charge >= 0.3 is 120 Å². The van der Waals surface area contributed by atoms with Crippen LogP contribution >= 0.6 is 0 Å². The van der Waals surface area contributed by atoms with Gasteiger partial charge in [0.05, 0.1) is 0 Å². The van der Waals surface area contributed by atoms with Crippen molar-refractivity contribution in [2.45, 2.75) is 38.2 Å². The zero-order valence-electron chi connectivity index (χ0n) is 12.0. The summed E-state index contributed by atoms with van der Waals surface area (Å²) in [5.74, 6) is 0.331. The third kappa shape index (κ3) is 6.89. The van der Waals surface area contributed by atoms with Gasteiger partial charge < -0.3 is 0 Å². The van der Waals surface area contributed by atoms with Gasteiger partial charge in [0.1, 0.15) is 0 Å². The van der Waals surface area contributed by atoms with Crippen LogP contribution in [0.1, 0.15) is 26.7 Å². The molecule has 2 unspecified atom stereocenters. The second-order valence-electron chi connectivity index (χ2n) is 5.15. The molecule has 9 heteroatoms. The first-order chi connectivity index (χ1) is 9.28. The van der Waals surface area contributed by atoms with E-state index in [-0.39, 0.29) is 45.2 Å². The first-order valence-electron chi connectivity index (χ1n) is 6.61. The Hall–Kier alpha value is -0.345. The fraction of sp³-hybridized carbons (Fsp3) is 1.00. The Balaban J connectivity index is 4.64. The molecule has 0 saturated heterocycles.